The van der Waals surface area contributed by atoms with Crippen LogP contribution in [0.1, 0.15) is 5.01 Å². The van der Waals surface area contributed by atoms with Crippen LogP contribution in [0.15, 0.2) is 41.3 Å². The first-order valence-corrected chi connectivity index (χ1v) is 11.6. The molecule has 1 aromatic heterocycles. The van der Waals surface area contributed by atoms with Gasteiger partial charge in [0, 0.05) is 37.9 Å². The summed E-state index contributed by atoms with van der Waals surface area (Å²) in [7, 11) is -1.86. The number of sulfonamides is 1. The van der Waals surface area contributed by atoms with Gasteiger partial charge in [-0.2, -0.15) is 4.31 Å². The number of rotatable bonds is 5. The molecule has 4 rings (SSSR count). The van der Waals surface area contributed by atoms with Crippen molar-refractivity contribution in [2.75, 3.05) is 38.5 Å². The standard InChI is InChI=1S/C19H21N5O4S2/c1-13-20-17-5-3-14(11-19(17)29-13)21-16-6-4-15(12-18(16)24(25)26)30(27,28)23-9-7-22(2)8-10-23/h3-6,11-12,21H,7-10H2,1-2H3. The lowest BCUT2D eigenvalue weighted by molar-refractivity contribution is -0.384. The number of nitro benzene ring substituents is 1. The summed E-state index contributed by atoms with van der Waals surface area (Å²) in [6.45, 7) is 3.89. The number of nitrogens with one attached hydrogen (secondary N) is 1. The number of anilines is 2. The van der Waals surface area contributed by atoms with Gasteiger partial charge in [-0.05, 0) is 44.3 Å². The lowest BCUT2D eigenvalue weighted by Gasteiger charge is -2.31. The first-order valence-electron chi connectivity index (χ1n) is 9.35. The highest BCUT2D eigenvalue weighted by Gasteiger charge is 2.29. The van der Waals surface area contributed by atoms with Crippen molar-refractivity contribution in [1.82, 2.24) is 14.2 Å². The summed E-state index contributed by atoms with van der Waals surface area (Å²) in [5, 5.41) is 15.6. The minimum Gasteiger partial charge on any atom is -0.350 e. The van der Waals surface area contributed by atoms with Crippen LogP contribution in [0.2, 0.25) is 0 Å². The molecule has 1 N–H and O–H groups in total. The van der Waals surface area contributed by atoms with Crippen molar-refractivity contribution in [2.24, 2.45) is 0 Å². The third-order valence-electron chi connectivity index (χ3n) is 5.04. The van der Waals surface area contributed by atoms with E-state index in [0.29, 0.717) is 31.9 Å². The molecule has 0 saturated carbocycles. The Bertz CT molecular complexity index is 1220. The van der Waals surface area contributed by atoms with Crippen LogP contribution < -0.4 is 5.32 Å². The predicted molar refractivity (Wildman–Crippen MR) is 117 cm³/mol. The monoisotopic (exact) mass is 447 g/mol. The molecule has 158 valence electrons. The number of hydrogen-bond donors (Lipinski definition) is 1. The number of hydrogen-bond acceptors (Lipinski definition) is 8. The van der Waals surface area contributed by atoms with E-state index in [9.17, 15) is 18.5 Å². The number of thiazole rings is 1. The van der Waals surface area contributed by atoms with Crippen LogP contribution in [0.25, 0.3) is 10.2 Å². The van der Waals surface area contributed by atoms with Crippen LogP contribution in [0.3, 0.4) is 0 Å². The fourth-order valence-electron chi connectivity index (χ4n) is 3.38. The van der Waals surface area contributed by atoms with Gasteiger partial charge in [-0.25, -0.2) is 13.4 Å². The van der Waals surface area contributed by atoms with Gasteiger partial charge in [0.2, 0.25) is 10.0 Å². The first kappa shape index (κ1) is 20.7. The van der Waals surface area contributed by atoms with Gasteiger partial charge in [0.25, 0.3) is 5.69 Å². The quantitative estimate of drug-likeness (QED) is 0.472. The number of benzene rings is 2. The molecule has 11 heteroatoms. The van der Waals surface area contributed by atoms with Crippen molar-refractivity contribution in [3.05, 3.63) is 51.5 Å². The summed E-state index contributed by atoms with van der Waals surface area (Å²) in [5.41, 5.74) is 1.48. The van der Waals surface area contributed by atoms with Crippen LogP contribution >= 0.6 is 11.3 Å². The molecule has 0 spiro atoms. The van der Waals surface area contributed by atoms with Gasteiger partial charge in [0.15, 0.2) is 0 Å². The Morgan fingerprint density at radius 3 is 2.57 bits per heavy atom. The predicted octanol–water partition coefficient (Wildman–Crippen LogP) is 3.19. The molecule has 9 nitrogen and oxygen atoms in total. The van der Waals surface area contributed by atoms with Crippen LogP contribution in [0.5, 0.6) is 0 Å². The van der Waals surface area contributed by atoms with Gasteiger partial charge in [-0.1, -0.05) is 0 Å². The molecule has 30 heavy (non-hydrogen) atoms. The van der Waals surface area contributed by atoms with Crippen molar-refractivity contribution in [1.29, 1.82) is 0 Å². The number of nitro groups is 1. The van der Waals surface area contributed by atoms with E-state index < -0.39 is 14.9 Å². The molecule has 0 bridgehead atoms. The maximum absolute atomic E-state index is 12.9. The highest BCUT2D eigenvalue weighted by atomic mass is 32.2. The average Bonchev–Trinajstić information content (AvgIpc) is 3.07. The summed E-state index contributed by atoms with van der Waals surface area (Å²) >= 11 is 1.54. The Morgan fingerprint density at radius 2 is 1.87 bits per heavy atom. The van der Waals surface area contributed by atoms with Crippen molar-refractivity contribution < 1.29 is 13.3 Å². The Balaban J connectivity index is 1.65. The van der Waals surface area contributed by atoms with Crippen LogP contribution in [-0.4, -0.2) is 60.8 Å². The summed E-state index contributed by atoms with van der Waals surface area (Å²) in [6.07, 6.45) is 0. The molecule has 3 aromatic rings. The molecular formula is C19H21N5O4S2. The van der Waals surface area contributed by atoms with Gasteiger partial charge < -0.3 is 10.2 Å². The number of aromatic nitrogens is 1. The van der Waals surface area contributed by atoms with Gasteiger partial charge >= 0.3 is 0 Å². The minimum atomic E-state index is -3.79. The van der Waals surface area contributed by atoms with Crippen molar-refractivity contribution in [3.63, 3.8) is 0 Å². The van der Waals surface area contributed by atoms with Gasteiger partial charge in [0.1, 0.15) is 5.69 Å². The number of aryl methyl sites for hydroxylation is 1. The number of nitrogens with zero attached hydrogens (tertiary/aromatic N) is 4. The van der Waals surface area contributed by atoms with Gasteiger partial charge in [-0.15, -0.1) is 11.3 Å². The molecule has 0 radical (unpaired) electrons. The number of piperazine rings is 1. The number of fused-ring (bicyclic) bond motifs is 1. The number of likely N-dealkylation sites (N-methyl/N-ethyl adjacent to an activating group) is 1. The average molecular weight is 448 g/mol. The van der Waals surface area contributed by atoms with Crippen LogP contribution in [-0.2, 0) is 10.0 Å². The van der Waals surface area contributed by atoms with Crippen molar-refractivity contribution >= 4 is 48.6 Å². The lowest BCUT2D eigenvalue weighted by Crippen LogP contribution is -2.47. The fourth-order valence-corrected chi connectivity index (χ4v) is 5.69. The largest absolute Gasteiger partial charge is 0.350 e. The highest BCUT2D eigenvalue weighted by molar-refractivity contribution is 7.89. The maximum atomic E-state index is 12.9. The molecule has 1 aliphatic heterocycles. The summed E-state index contributed by atoms with van der Waals surface area (Å²) < 4.78 is 28.2. The van der Waals surface area contributed by atoms with E-state index in [0.717, 1.165) is 21.3 Å². The molecule has 0 amide bonds. The van der Waals surface area contributed by atoms with E-state index in [-0.39, 0.29) is 16.3 Å². The smallest absolute Gasteiger partial charge is 0.294 e. The Kier molecular flexibility index (Phi) is 5.45. The summed E-state index contributed by atoms with van der Waals surface area (Å²) in [4.78, 5) is 17.5. The third-order valence-corrected chi connectivity index (χ3v) is 7.87. The van der Waals surface area contributed by atoms with Crippen molar-refractivity contribution in [2.45, 2.75) is 11.8 Å². The van der Waals surface area contributed by atoms with E-state index in [1.807, 2.05) is 31.0 Å². The van der Waals surface area contributed by atoms with Crippen LogP contribution in [0.4, 0.5) is 17.1 Å². The second-order valence-corrected chi connectivity index (χ2v) is 10.4. The minimum absolute atomic E-state index is 0.0714. The highest BCUT2D eigenvalue weighted by Crippen LogP contribution is 2.33. The first-order chi connectivity index (χ1) is 14.2. The van der Waals surface area contributed by atoms with E-state index >= 15 is 0 Å². The zero-order valence-corrected chi connectivity index (χ0v) is 18.2. The SMILES string of the molecule is Cc1nc2ccc(Nc3ccc(S(=O)(=O)N4CCN(C)CC4)cc3[N+](=O)[O-])cc2s1. The summed E-state index contributed by atoms with van der Waals surface area (Å²) in [5.74, 6) is 0. The second kappa shape index (κ2) is 7.91. The molecule has 2 aromatic carbocycles. The van der Waals surface area contributed by atoms with Crippen molar-refractivity contribution in [3.8, 4) is 0 Å². The Hall–Kier alpha value is -2.60. The van der Waals surface area contributed by atoms with E-state index in [1.54, 1.807) is 6.07 Å². The molecule has 1 fully saturated rings. The van der Waals surface area contributed by atoms with Gasteiger partial charge in [0.05, 0.1) is 25.0 Å². The Morgan fingerprint density at radius 1 is 1.13 bits per heavy atom. The molecule has 2 heterocycles. The molecule has 0 aliphatic carbocycles. The molecule has 1 saturated heterocycles. The topological polar surface area (TPSA) is 109 Å². The third kappa shape index (κ3) is 4.01. The van der Waals surface area contributed by atoms with Crippen LogP contribution in [0, 0.1) is 17.0 Å². The maximum Gasteiger partial charge on any atom is 0.294 e. The lowest BCUT2D eigenvalue weighted by atomic mass is 10.2. The zero-order valence-electron chi connectivity index (χ0n) is 16.5. The Labute approximate surface area is 178 Å². The van der Waals surface area contributed by atoms with E-state index in [1.165, 1.54) is 27.8 Å². The molecule has 1 aliphatic rings. The second-order valence-electron chi connectivity index (χ2n) is 7.18. The molecule has 0 atom stereocenters. The molecule has 0 unspecified atom stereocenters. The normalized spacial score (nSPS) is 16.1. The fraction of sp³-hybridized carbons (Fsp3) is 0.316. The van der Waals surface area contributed by atoms with Gasteiger partial charge in [-0.3, -0.25) is 10.1 Å². The summed E-state index contributed by atoms with van der Waals surface area (Å²) in [6, 6.07) is 9.50. The molecular weight excluding hydrogens is 426 g/mol. The van der Waals surface area contributed by atoms with E-state index in [4.69, 9.17) is 0 Å². The van der Waals surface area contributed by atoms with E-state index in [2.05, 4.69) is 10.3 Å². The zero-order chi connectivity index (χ0) is 21.5.